The maximum absolute atomic E-state index is 13.1. The van der Waals surface area contributed by atoms with Gasteiger partial charge in [0, 0.05) is 25.2 Å². The number of nitrogens with one attached hydrogen (secondary N) is 1. The topological polar surface area (TPSA) is 92.5 Å². The summed E-state index contributed by atoms with van der Waals surface area (Å²) in [5.41, 5.74) is 1.16. The summed E-state index contributed by atoms with van der Waals surface area (Å²) in [6.45, 7) is 6.10. The lowest BCUT2D eigenvalue weighted by Gasteiger charge is -2.37. The average Bonchev–Trinajstić information content (AvgIpc) is 3.01. The quantitative estimate of drug-likeness (QED) is 0.795. The third-order valence-corrected chi connectivity index (χ3v) is 7.56. The van der Waals surface area contributed by atoms with Crippen molar-refractivity contribution in [2.75, 3.05) is 18.4 Å². The van der Waals surface area contributed by atoms with Gasteiger partial charge in [0.15, 0.2) is 5.76 Å². The summed E-state index contributed by atoms with van der Waals surface area (Å²) in [7, 11) is -3.65. The minimum absolute atomic E-state index is 0.0309. The molecule has 8 heteroatoms. The second-order valence-electron chi connectivity index (χ2n) is 7.35. The van der Waals surface area contributed by atoms with Gasteiger partial charge < -0.3 is 9.84 Å². The molecule has 1 fully saturated rings. The number of rotatable bonds is 6. The number of anilines is 1. The first kappa shape index (κ1) is 20.5. The number of nitrogens with zero attached hydrogens (tertiary/aromatic N) is 2. The highest BCUT2D eigenvalue weighted by molar-refractivity contribution is 7.89. The normalized spacial score (nSPS) is 20.8. The van der Waals surface area contributed by atoms with Gasteiger partial charge in [-0.1, -0.05) is 36.7 Å². The van der Waals surface area contributed by atoms with Crippen LogP contribution in [0.5, 0.6) is 0 Å². The summed E-state index contributed by atoms with van der Waals surface area (Å²) in [5, 5.41) is 6.70. The third kappa shape index (κ3) is 4.28. The smallest absolute Gasteiger partial charge is 0.248 e. The molecule has 7 nitrogen and oxygen atoms in total. The Morgan fingerprint density at radius 3 is 2.57 bits per heavy atom. The van der Waals surface area contributed by atoms with Crippen molar-refractivity contribution < 1.29 is 17.7 Å². The number of sulfonamides is 1. The lowest BCUT2D eigenvalue weighted by molar-refractivity contribution is -0.117. The van der Waals surface area contributed by atoms with Crippen LogP contribution in [-0.4, -0.2) is 36.9 Å². The summed E-state index contributed by atoms with van der Waals surface area (Å²) in [4.78, 5) is 12.6. The van der Waals surface area contributed by atoms with E-state index in [2.05, 4.69) is 10.5 Å². The number of hydrogen-bond donors (Lipinski definition) is 1. The van der Waals surface area contributed by atoms with Gasteiger partial charge in [-0.2, -0.15) is 4.31 Å². The Morgan fingerprint density at radius 1 is 1.25 bits per heavy atom. The van der Waals surface area contributed by atoms with Crippen LogP contribution in [0, 0.1) is 25.7 Å². The van der Waals surface area contributed by atoms with Gasteiger partial charge in [0.2, 0.25) is 15.9 Å². The lowest BCUT2D eigenvalue weighted by atomic mass is 9.82. The zero-order valence-electron chi connectivity index (χ0n) is 16.5. The Balaban J connectivity index is 1.67. The molecule has 1 saturated heterocycles. The van der Waals surface area contributed by atoms with Crippen molar-refractivity contribution >= 4 is 21.6 Å². The van der Waals surface area contributed by atoms with Gasteiger partial charge in [0.1, 0.15) is 10.6 Å². The summed E-state index contributed by atoms with van der Waals surface area (Å²) < 4.78 is 32.7. The minimum Gasteiger partial charge on any atom is -0.360 e. The Morgan fingerprint density at radius 2 is 1.96 bits per heavy atom. The van der Waals surface area contributed by atoms with Crippen molar-refractivity contribution in [3.05, 3.63) is 41.8 Å². The van der Waals surface area contributed by atoms with Crippen LogP contribution in [0.4, 0.5) is 5.69 Å². The number of hydrogen-bond acceptors (Lipinski definition) is 5. The van der Waals surface area contributed by atoms with Gasteiger partial charge in [0.25, 0.3) is 0 Å². The van der Waals surface area contributed by atoms with Crippen LogP contribution < -0.4 is 5.32 Å². The van der Waals surface area contributed by atoms with Crippen LogP contribution in [0.15, 0.2) is 39.8 Å². The number of benzene rings is 1. The third-order valence-electron chi connectivity index (χ3n) is 5.45. The van der Waals surface area contributed by atoms with E-state index in [0.29, 0.717) is 37.4 Å². The Kier molecular flexibility index (Phi) is 6.20. The number of aromatic nitrogens is 1. The number of carbonyl (C=O) groups excluding carboxylic acids is 1. The molecule has 152 valence electrons. The molecule has 2 aromatic rings. The number of piperidine rings is 1. The molecular weight excluding hydrogens is 378 g/mol. The van der Waals surface area contributed by atoms with E-state index in [1.165, 1.54) is 4.31 Å². The first-order valence-electron chi connectivity index (χ1n) is 9.60. The highest BCUT2D eigenvalue weighted by Crippen LogP contribution is 2.33. The highest BCUT2D eigenvalue weighted by atomic mass is 32.2. The number of aryl methyl sites for hydroxylation is 2. The van der Waals surface area contributed by atoms with Crippen molar-refractivity contribution in [3.63, 3.8) is 0 Å². The molecule has 0 spiro atoms. The first-order valence-corrected chi connectivity index (χ1v) is 11.0. The molecule has 1 N–H and O–H groups in total. The van der Waals surface area contributed by atoms with Gasteiger partial charge in [-0.25, -0.2) is 8.42 Å². The maximum atomic E-state index is 13.1. The number of para-hydroxylation sites is 1. The molecule has 3 rings (SSSR count). The Bertz CT molecular complexity index is 905. The Labute approximate surface area is 166 Å². The van der Waals surface area contributed by atoms with Gasteiger partial charge in [-0.05, 0) is 44.2 Å². The molecule has 1 aliphatic heterocycles. The van der Waals surface area contributed by atoms with E-state index in [1.807, 2.05) is 37.3 Å². The molecule has 1 aliphatic rings. The fourth-order valence-electron chi connectivity index (χ4n) is 3.94. The van der Waals surface area contributed by atoms with E-state index < -0.39 is 10.0 Å². The van der Waals surface area contributed by atoms with Crippen LogP contribution in [0.3, 0.4) is 0 Å². The van der Waals surface area contributed by atoms with Crippen molar-refractivity contribution in [1.82, 2.24) is 9.46 Å². The summed E-state index contributed by atoms with van der Waals surface area (Å²) in [6, 6.07) is 9.37. The molecule has 0 aliphatic carbocycles. The van der Waals surface area contributed by atoms with Gasteiger partial charge in [-0.3, -0.25) is 4.79 Å². The molecule has 0 unspecified atom stereocenters. The fraction of sp³-hybridized carbons (Fsp3) is 0.500. The second-order valence-corrected chi connectivity index (χ2v) is 9.23. The van der Waals surface area contributed by atoms with Crippen LogP contribution >= 0.6 is 0 Å². The zero-order chi connectivity index (χ0) is 20.3. The average molecular weight is 406 g/mol. The molecular formula is C20H27N3O4S. The number of amides is 1. The van der Waals surface area contributed by atoms with Gasteiger partial charge in [-0.15, -0.1) is 0 Å². The highest BCUT2D eigenvalue weighted by Gasteiger charge is 2.38. The summed E-state index contributed by atoms with van der Waals surface area (Å²) in [5.74, 6) is 0.571. The lowest BCUT2D eigenvalue weighted by Crippen LogP contribution is -2.44. The molecule has 0 bridgehead atoms. The van der Waals surface area contributed by atoms with E-state index in [4.69, 9.17) is 4.52 Å². The van der Waals surface area contributed by atoms with Crippen LogP contribution in [0.1, 0.15) is 37.6 Å². The van der Waals surface area contributed by atoms with E-state index in [-0.39, 0.29) is 22.6 Å². The van der Waals surface area contributed by atoms with E-state index in [1.54, 1.807) is 13.8 Å². The predicted molar refractivity (Wildman–Crippen MR) is 106 cm³/mol. The van der Waals surface area contributed by atoms with Crippen molar-refractivity contribution in [1.29, 1.82) is 0 Å². The van der Waals surface area contributed by atoms with Crippen LogP contribution in [0.25, 0.3) is 0 Å². The maximum Gasteiger partial charge on any atom is 0.248 e. The molecule has 28 heavy (non-hydrogen) atoms. The summed E-state index contributed by atoms with van der Waals surface area (Å²) >= 11 is 0. The van der Waals surface area contributed by atoms with Crippen LogP contribution in [-0.2, 0) is 14.8 Å². The molecule has 2 heterocycles. The molecule has 0 radical (unpaired) electrons. The van der Waals surface area contributed by atoms with Crippen molar-refractivity contribution in [2.24, 2.45) is 11.8 Å². The molecule has 2 atom stereocenters. The van der Waals surface area contributed by atoms with Crippen molar-refractivity contribution in [2.45, 2.75) is 44.9 Å². The largest absolute Gasteiger partial charge is 0.360 e. The van der Waals surface area contributed by atoms with E-state index in [9.17, 15) is 13.2 Å². The zero-order valence-corrected chi connectivity index (χ0v) is 17.3. The second kappa shape index (κ2) is 8.45. The van der Waals surface area contributed by atoms with E-state index >= 15 is 0 Å². The Hall–Kier alpha value is -2.19. The molecule has 1 aromatic carbocycles. The predicted octanol–water partition coefficient (Wildman–Crippen LogP) is 3.36. The van der Waals surface area contributed by atoms with Crippen LogP contribution in [0.2, 0.25) is 0 Å². The van der Waals surface area contributed by atoms with Gasteiger partial charge in [0.05, 0.1) is 0 Å². The number of carbonyl (C=O) groups is 1. The minimum atomic E-state index is -3.65. The SMILES string of the molecule is CC[C@H]1CN(S(=O)(=O)c2c(C)noc2C)CC[C@H]1CC(=O)Nc1ccccc1. The monoisotopic (exact) mass is 405 g/mol. The van der Waals surface area contributed by atoms with E-state index in [0.717, 1.165) is 12.1 Å². The molecule has 1 aromatic heterocycles. The van der Waals surface area contributed by atoms with Gasteiger partial charge >= 0.3 is 0 Å². The first-order chi connectivity index (χ1) is 13.3. The molecule has 1 amide bonds. The summed E-state index contributed by atoms with van der Waals surface area (Å²) in [6.07, 6.45) is 1.87. The standard InChI is InChI=1S/C20H27N3O4S/c1-4-16-13-23(28(25,26)20-14(2)22-27-15(20)3)11-10-17(16)12-19(24)21-18-8-6-5-7-9-18/h5-9,16-17H,4,10-13H2,1-3H3,(H,21,24)/t16-,17-/m0/s1. The van der Waals surface area contributed by atoms with Crippen molar-refractivity contribution in [3.8, 4) is 0 Å². The fourth-order valence-corrected chi connectivity index (χ4v) is 5.74. The molecule has 0 saturated carbocycles.